The van der Waals surface area contributed by atoms with Crippen molar-refractivity contribution in [3.05, 3.63) is 57.0 Å². The molecule has 4 aromatic rings. The maximum atomic E-state index is 13.2. The molecule has 0 spiro atoms. The van der Waals surface area contributed by atoms with Crippen molar-refractivity contribution in [2.75, 3.05) is 11.9 Å². The number of rotatable bonds is 4. The van der Waals surface area contributed by atoms with Crippen molar-refractivity contribution in [1.82, 2.24) is 29.6 Å². The smallest absolute Gasteiger partial charge is 0.278 e. The van der Waals surface area contributed by atoms with Crippen LogP contribution in [0.2, 0.25) is 0 Å². The first-order chi connectivity index (χ1) is 15.9. The first kappa shape index (κ1) is 23.0. The Labute approximate surface area is 207 Å². The molecule has 0 amide bonds. The van der Waals surface area contributed by atoms with Gasteiger partial charge in [-0.1, -0.05) is 26.8 Å². The summed E-state index contributed by atoms with van der Waals surface area (Å²) in [5, 5.41) is 10.1. The van der Waals surface area contributed by atoms with Crippen LogP contribution in [0.1, 0.15) is 56.5 Å². The van der Waals surface area contributed by atoms with Gasteiger partial charge in [-0.25, -0.2) is 19.3 Å². The molecule has 0 bridgehead atoms. The predicted octanol–water partition coefficient (Wildman–Crippen LogP) is 4.48. The summed E-state index contributed by atoms with van der Waals surface area (Å²) in [6, 6.07) is 6.57. The zero-order chi connectivity index (χ0) is 22.7. The van der Waals surface area contributed by atoms with E-state index in [4.69, 9.17) is 9.97 Å². The third-order valence-electron chi connectivity index (χ3n) is 6.31. The average molecular weight is 498 g/mol. The number of nitrogens with zero attached hydrogens (tertiary/aromatic N) is 5. The SMILES string of the molecule is CC(C)(C)c1csc(-n2c3nc(Nc4ccc5c(c4)CNCC5)ncc3c(=O)n2C2CC2)n1.Cl. The van der Waals surface area contributed by atoms with E-state index in [0.29, 0.717) is 17.0 Å². The summed E-state index contributed by atoms with van der Waals surface area (Å²) in [5.41, 5.74) is 5.10. The number of aromatic nitrogens is 5. The molecule has 1 aliphatic carbocycles. The van der Waals surface area contributed by atoms with E-state index in [0.717, 1.165) is 48.9 Å². The number of fused-ring (bicyclic) bond motifs is 2. The van der Waals surface area contributed by atoms with Crippen molar-refractivity contribution in [2.45, 2.75) is 58.0 Å². The van der Waals surface area contributed by atoms with E-state index in [9.17, 15) is 4.79 Å². The topological polar surface area (TPSA) is 89.7 Å². The predicted molar refractivity (Wildman–Crippen MR) is 138 cm³/mol. The summed E-state index contributed by atoms with van der Waals surface area (Å²) in [6.45, 7) is 8.32. The highest BCUT2D eigenvalue weighted by Crippen LogP contribution is 2.36. The molecule has 0 saturated heterocycles. The highest BCUT2D eigenvalue weighted by Gasteiger charge is 2.32. The van der Waals surface area contributed by atoms with Crippen molar-refractivity contribution in [1.29, 1.82) is 0 Å². The zero-order valence-corrected chi connectivity index (χ0v) is 21.1. The van der Waals surface area contributed by atoms with E-state index in [-0.39, 0.29) is 29.4 Å². The van der Waals surface area contributed by atoms with Gasteiger partial charge in [0.15, 0.2) is 5.65 Å². The van der Waals surface area contributed by atoms with Gasteiger partial charge in [-0.15, -0.1) is 23.7 Å². The van der Waals surface area contributed by atoms with E-state index >= 15 is 0 Å². The van der Waals surface area contributed by atoms with Gasteiger partial charge in [-0.05, 0) is 49.1 Å². The van der Waals surface area contributed by atoms with Gasteiger partial charge in [-0.2, -0.15) is 4.98 Å². The van der Waals surface area contributed by atoms with E-state index in [1.807, 2.05) is 9.36 Å². The molecular weight excluding hydrogens is 470 g/mol. The van der Waals surface area contributed by atoms with Crippen molar-refractivity contribution in [3.63, 3.8) is 0 Å². The Balaban J connectivity index is 0.00000241. The van der Waals surface area contributed by atoms with Crippen molar-refractivity contribution < 1.29 is 0 Å². The van der Waals surface area contributed by atoms with Crippen LogP contribution >= 0.6 is 23.7 Å². The summed E-state index contributed by atoms with van der Waals surface area (Å²) in [5.74, 6) is 0.473. The molecule has 34 heavy (non-hydrogen) atoms. The fourth-order valence-corrected chi connectivity index (χ4v) is 5.33. The fraction of sp³-hybridized carbons (Fsp3) is 0.417. The number of thiazole rings is 1. The number of anilines is 2. The zero-order valence-electron chi connectivity index (χ0n) is 19.5. The van der Waals surface area contributed by atoms with Crippen molar-refractivity contribution >= 4 is 46.4 Å². The van der Waals surface area contributed by atoms with E-state index < -0.39 is 0 Å². The van der Waals surface area contributed by atoms with Gasteiger partial charge >= 0.3 is 0 Å². The molecule has 4 heterocycles. The van der Waals surface area contributed by atoms with E-state index in [1.54, 1.807) is 17.5 Å². The first-order valence-electron chi connectivity index (χ1n) is 11.4. The van der Waals surface area contributed by atoms with Crippen LogP contribution in [0, 0.1) is 0 Å². The summed E-state index contributed by atoms with van der Waals surface area (Å²) in [7, 11) is 0. The summed E-state index contributed by atoms with van der Waals surface area (Å²) in [4.78, 5) is 27.4. The lowest BCUT2D eigenvalue weighted by atomic mass is 9.93. The Morgan fingerprint density at radius 2 is 2.00 bits per heavy atom. The van der Waals surface area contributed by atoms with Gasteiger partial charge in [0.25, 0.3) is 5.56 Å². The van der Waals surface area contributed by atoms with Crippen LogP contribution in [0.25, 0.3) is 16.2 Å². The number of benzene rings is 1. The maximum Gasteiger partial charge on any atom is 0.278 e. The molecular formula is C24H28ClN7OS. The minimum Gasteiger partial charge on any atom is -0.324 e. The molecule has 1 fully saturated rings. The summed E-state index contributed by atoms with van der Waals surface area (Å²) in [6.07, 6.45) is 4.68. The monoisotopic (exact) mass is 497 g/mol. The average Bonchev–Trinajstić information content (AvgIpc) is 3.42. The van der Waals surface area contributed by atoms with Crippen molar-refractivity contribution in [3.8, 4) is 5.13 Å². The van der Waals surface area contributed by atoms with Gasteiger partial charge < -0.3 is 10.6 Å². The Kier molecular flexibility index (Phi) is 5.74. The highest BCUT2D eigenvalue weighted by molar-refractivity contribution is 7.12. The second kappa shape index (κ2) is 8.48. The maximum absolute atomic E-state index is 13.2. The van der Waals surface area contributed by atoms with Crippen LogP contribution in [-0.4, -0.2) is 30.9 Å². The van der Waals surface area contributed by atoms with Gasteiger partial charge in [0, 0.05) is 29.2 Å². The molecule has 0 radical (unpaired) electrons. The van der Waals surface area contributed by atoms with Crippen LogP contribution in [-0.2, 0) is 18.4 Å². The lowest BCUT2D eigenvalue weighted by Gasteiger charge is -2.18. The molecule has 10 heteroatoms. The second-order valence-corrected chi connectivity index (χ2v) is 10.8. The number of hydrogen-bond acceptors (Lipinski definition) is 7. The Morgan fingerprint density at radius 1 is 1.18 bits per heavy atom. The minimum atomic E-state index is -0.0641. The van der Waals surface area contributed by atoms with E-state index in [2.05, 4.69) is 60.0 Å². The van der Waals surface area contributed by atoms with Crippen LogP contribution < -0.4 is 16.2 Å². The normalized spacial score (nSPS) is 15.7. The van der Waals surface area contributed by atoms with Crippen LogP contribution in [0.15, 0.2) is 34.6 Å². The minimum absolute atomic E-state index is 0. The van der Waals surface area contributed by atoms with Crippen LogP contribution in [0.4, 0.5) is 11.6 Å². The summed E-state index contributed by atoms with van der Waals surface area (Å²) < 4.78 is 3.72. The molecule has 8 nitrogen and oxygen atoms in total. The lowest BCUT2D eigenvalue weighted by Crippen LogP contribution is -2.23. The van der Waals surface area contributed by atoms with Gasteiger partial charge in [-0.3, -0.25) is 4.79 Å². The Hall–Kier alpha value is -2.75. The lowest BCUT2D eigenvalue weighted by molar-refractivity contribution is 0.546. The van der Waals surface area contributed by atoms with Crippen molar-refractivity contribution in [2.24, 2.45) is 0 Å². The molecule has 6 rings (SSSR count). The third kappa shape index (κ3) is 4.01. The molecule has 2 N–H and O–H groups in total. The standard InChI is InChI=1S/C24H27N7OS.ClH/c1-24(2,3)19-13-33-23(28-19)31-20-18(21(32)30(31)17-6-7-17)12-26-22(29-20)27-16-5-4-14-8-9-25-11-15(14)10-16;/h4-5,10,12-13,17,25H,6-9,11H2,1-3H3,(H,26,27,29);1H. The molecule has 3 aromatic heterocycles. The van der Waals surface area contributed by atoms with Gasteiger partial charge in [0.2, 0.25) is 11.1 Å². The molecule has 178 valence electrons. The quantitative estimate of drug-likeness (QED) is 0.432. The van der Waals surface area contributed by atoms with Gasteiger partial charge in [0.05, 0.1) is 11.7 Å². The molecule has 0 atom stereocenters. The molecule has 2 aliphatic rings. The molecule has 1 aliphatic heterocycles. The fourth-order valence-electron chi connectivity index (χ4n) is 4.29. The largest absolute Gasteiger partial charge is 0.324 e. The number of hydrogen-bond donors (Lipinski definition) is 2. The van der Waals surface area contributed by atoms with E-state index in [1.165, 1.54) is 11.1 Å². The number of nitrogens with one attached hydrogen (secondary N) is 2. The third-order valence-corrected chi connectivity index (χ3v) is 7.12. The molecule has 0 unspecified atom stereocenters. The molecule has 1 saturated carbocycles. The second-order valence-electron chi connectivity index (χ2n) is 9.92. The van der Waals surface area contributed by atoms with Crippen LogP contribution in [0.5, 0.6) is 0 Å². The summed E-state index contributed by atoms with van der Waals surface area (Å²) >= 11 is 1.55. The highest BCUT2D eigenvalue weighted by atomic mass is 35.5. The van der Waals surface area contributed by atoms with Gasteiger partial charge in [0.1, 0.15) is 5.39 Å². The molecule has 1 aromatic carbocycles. The Morgan fingerprint density at radius 3 is 2.74 bits per heavy atom. The van der Waals surface area contributed by atoms with Crippen LogP contribution in [0.3, 0.4) is 0 Å². The first-order valence-corrected chi connectivity index (χ1v) is 12.3. The Bertz CT molecular complexity index is 1430. The number of halogens is 1.